The minimum Gasteiger partial charge on any atom is -0.326 e. The van der Waals surface area contributed by atoms with Gasteiger partial charge in [-0.25, -0.2) is 0 Å². The molecule has 2 rings (SSSR count). The predicted octanol–water partition coefficient (Wildman–Crippen LogP) is 1.27. The third-order valence-electron chi connectivity index (χ3n) is 2.48. The number of amides is 3. The van der Waals surface area contributed by atoms with E-state index in [1.54, 1.807) is 0 Å². The van der Waals surface area contributed by atoms with Crippen molar-refractivity contribution >= 4 is 40.2 Å². The van der Waals surface area contributed by atoms with Crippen LogP contribution in [0.1, 0.15) is 6.42 Å². The summed E-state index contributed by atoms with van der Waals surface area (Å²) in [6, 6.07) is 5.45. The van der Waals surface area contributed by atoms with Gasteiger partial charge in [0.1, 0.15) is 5.25 Å². The smallest absolute Gasteiger partial charge is 0.286 e. The van der Waals surface area contributed by atoms with Crippen molar-refractivity contribution < 1.29 is 19.3 Å². The van der Waals surface area contributed by atoms with Crippen LogP contribution < -0.4 is 10.6 Å². The van der Waals surface area contributed by atoms with Gasteiger partial charge in [0.2, 0.25) is 11.8 Å². The minimum atomic E-state index is -0.763. The first kappa shape index (κ1) is 14.0. The monoisotopic (exact) mass is 295 g/mol. The molecule has 3 amide bonds. The predicted molar refractivity (Wildman–Crippen MR) is 71.3 cm³/mol. The van der Waals surface area contributed by atoms with Crippen LogP contribution in [0.25, 0.3) is 0 Å². The number of rotatable bonds is 4. The van der Waals surface area contributed by atoms with Crippen LogP contribution in [0.2, 0.25) is 0 Å². The largest absolute Gasteiger partial charge is 0.326 e. The Labute approximate surface area is 117 Å². The first-order valence-electron chi connectivity index (χ1n) is 5.51. The van der Waals surface area contributed by atoms with E-state index in [4.69, 9.17) is 0 Å². The van der Waals surface area contributed by atoms with Crippen molar-refractivity contribution in [3.8, 4) is 0 Å². The molecule has 1 aromatic rings. The molecule has 1 aromatic carbocycles. The Balaban J connectivity index is 1.98. The number of nitro benzene ring substituents is 1. The molecule has 0 radical (unpaired) electrons. The topological polar surface area (TPSA) is 118 Å². The van der Waals surface area contributed by atoms with Gasteiger partial charge in [0.05, 0.1) is 4.92 Å². The Morgan fingerprint density at radius 2 is 2.20 bits per heavy atom. The summed E-state index contributed by atoms with van der Waals surface area (Å²) in [5.41, 5.74) is 0.116. The van der Waals surface area contributed by atoms with Crippen LogP contribution in [-0.4, -0.2) is 27.2 Å². The van der Waals surface area contributed by atoms with Gasteiger partial charge >= 0.3 is 0 Å². The lowest BCUT2D eigenvalue weighted by Gasteiger charge is -2.07. The number of anilines is 1. The van der Waals surface area contributed by atoms with E-state index < -0.39 is 27.2 Å². The van der Waals surface area contributed by atoms with E-state index in [9.17, 15) is 24.5 Å². The first-order chi connectivity index (χ1) is 9.45. The minimum absolute atomic E-state index is 0.147. The summed E-state index contributed by atoms with van der Waals surface area (Å²) in [4.78, 5) is 44.0. The van der Waals surface area contributed by atoms with Crippen LogP contribution >= 0.6 is 11.8 Å². The van der Waals surface area contributed by atoms with E-state index in [0.717, 1.165) is 11.8 Å². The fourth-order valence-electron chi connectivity index (χ4n) is 1.61. The molecular weight excluding hydrogens is 286 g/mol. The number of nitrogens with zero attached hydrogens (tertiary/aromatic N) is 1. The quantitative estimate of drug-likeness (QED) is 0.638. The standard InChI is InChI=1S/C11H9N3O5S/c15-9(5-8-10(16)13-11(17)20-8)12-6-2-1-3-7(4-6)14(18)19/h1-4,8H,5H2,(H,12,15)(H,13,16,17)/t8-/m0/s1. The summed E-state index contributed by atoms with van der Waals surface area (Å²) in [5, 5.41) is 13.9. The number of thioether (sulfide) groups is 1. The molecule has 1 saturated heterocycles. The molecule has 1 heterocycles. The van der Waals surface area contributed by atoms with Crippen LogP contribution in [0.4, 0.5) is 16.2 Å². The molecule has 1 aliphatic heterocycles. The van der Waals surface area contributed by atoms with Crippen molar-refractivity contribution in [2.75, 3.05) is 5.32 Å². The Morgan fingerprint density at radius 3 is 2.80 bits per heavy atom. The van der Waals surface area contributed by atoms with Crippen LogP contribution in [0.15, 0.2) is 24.3 Å². The average Bonchev–Trinajstić information content (AvgIpc) is 2.67. The van der Waals surface area contributed by atoms with E-state index in [0.29, 0.717) is 0 Å². The van der Waals surface area contributed by atoms with E-state index in [1.807, 2.05) is 0 Å². The van der Waals surface area contributed by atoms with Gasteiger partial charge in [0, 0.05) is 24.2 Å². The van der Waals surface area contributed by atoms with Crippen molar-refractivity contribution in [2.45, 2.75) is 11.7 Å². The molecular formula is C11H9N3O5S. The second-order valence-electron chi connectivity index (χ2n) is 3.94. The average molecular weight is 295 g/mol. The zero-order valence-corrected chi connectivity index (χ0v) is 10.8. The fourth-order valence-corrected chi connectivity index (χ4v) is 2.42. The van der Waals surface area contributed by atoms with Gasteiger partial charge in [-0.1, -0.05) is 17.8 Å². The van der Waals surface area contributed by atoms with Crippen LogP contribution in [0.5, 0.6) is 0 Å². The van der Waals surface area contributed by atoms with Crippen molar-refractivity contribution in [1.29, 1.82) is 0 Å². The van der Waals surface area contributed by atoms with E-state index >= 15 is 0 Å². The molecule has 104 valence electrons. The van der Waals surface area contributed by atoms with E-state index in [2.05, 4.69) is 10.6 Å². The zero-order chi connectivity index (χ0) is 14.7. The highest BCUT2D eigenvalue weighted by Crippen LogP contribution is 2.23. The molecule has 8 nitrogen and oxygen atoms in total. The lowest BCUT2D eigenvalue weighted by Crippen LogP contribution is -2.27. The second kappa shape index (κ2) is 5.70. The highest BCUT2D eigenvalue weighted by Gasteiger charge is 2.33. The molecule has 0 saturated carbocycles. The number of nitro groups is 1. The highest BCUT2D eigenvalue weighted by atomic mass is 32.2. The SMILES string of the molecule is O=C(C[C@@H]1SC(=O)NC1=O)Nc1cccc([N+](=O)[O-])c1. The van der Waals surface area contributed by atoms with E-state index in [-0.39, 0.29) is 17.8 Å². The van der Waals surface area contributed by atoms with Crippen molar-refractivity contribution in [1.82, 2.24) is 5.32 Å². The maximum Gasteiger partial charge on any atom is 0.286 e. The van der Waals surface area contributed by atoms with Gasteiger partial charge in [-0.3, -0.25) is 29.8 Å². The molecule has 9 heteroatoms. The van der Waals surface area contributed by atoms with Gasteiger partial charge in [-0.05, 0) is 6.07 Å². The van der Waals surface area contributed by atoms with E-state index in [1.165, 1.54) is 24.3 Å². The molecule has 2 N–H and O–H groups in total. The van der Waals surface area contributed by atoms with Crippen LogP contribution in [-0.2, 0) is 9.59 Å². The molecule has 0 bridgehead atoms. The van der Waals surface area contributed by atoms with Gasteiger partial charge in [0.15, 0.2) is 0 Å². The Kier molecular flexibility index (Phi) is 3.99. The number of carbonyl (C=O) groups is 3. The normalized spacial score (nSPS) is 17.7. The highest BCUT2D eigenvalue weighted by molar-refractivity contribution is 8.15. The number of imide groups is 1. The zero-order valence-electron chi connectivity index (χ0n) is 9.99. The molecule has 1 atom stereocenters. The summed E-state index contributed by atoms with van der Waals surface area (Å²) in [6.07, 6.45) is -0.176. The lowest BCUT2D eigenvalue weighted by molar-refractivity contribution is -0.384. The molecule has 0 aromatic heterocycles. The number of hydrogen-bond acceptors (Lipinski definition) is 6. The number of carbonyl (C=O) groups excluding carboxylic acids is 3. The molecule has 0 unspecified atom stereocenters. The Morgan fingerprint density at radius 1 is 1.45 bits per heavy atom. The Hall–Kier alpha value is -2.42. The molecule has 20 heavy (non-hydrogen) atoms. The summed E-state index contributed by atoms with van der Waals surface area (Å²) in [6.45, 7) is 0. The maximum atomic E-state index is 11.7. The molecule has 1 fully saturated rings. The number of hydrogen-bond donors (Lipinski definition) is 2. The van der Waals surface area contributed by atoms with Crippen molar-refractivity contribution in [2.24, 2.45) is 0 Å². The second-order valence-corrected chi connectivity index (χ2v) is 5.12. The van der Waals surface area contributed by atoms with Crippen molar-refractivity contribution in [3.05, 3.63) is 34.4 Å². The van der Waals surface area contributed by atoms with Crippen LogP contribution in [0, 0.1) is 10.1 Å². The fraction of sp³-hybridized carbons (Fsp3) is 0.182. The van der Waals surface area contributed by atoms with Gasteiger partial charge in [-0.15, -0.1) is 0 Å². The summed E-state index contributed by atoms with van der Waals surface area (Å²) in [5.74, 6) is -0.998. The summed E-state index contributed by atoms with van der Waals surface area (Å²) >= 11 is 0.752. The molecule has 0 spiro atoms. The van der Waals surface area contributed by atoms with Gasteiger partial charge in [0.25, 0.3) is 10.9 Å². The lowest BCUT2D eigenvalue weighted by atomic mass is 10.2. The molecule has 1 aliphatic rings. The maximum absolute atomic E-state index is 11.7. The first-order valence-corrected chi connectivity index (χ1v) is 6.39. The van der Waals surface area contributed by atoms with Gasteiger partial charge in [-0.2, -0.15) is 0 Å². The molecule has 0 aliphatic carbocycles. The van der Waals surface area contributed by atoms with Gasteiger partial charge < -0.3 is 5.32 Å². The number of nitrogens with one attached hydrogen (secondary N) is 2. The number of non-ortho nitro benzene ring substituents is 1. The van der Waals surface area contributed by atoms with Crippen molar-refractivity contribution in [3.63, 3.8) is 0 Å². The summed E-state index contributed by atoms with van der Waals surface area (Å²) in [7, 11) is 0. The Bertz CT molecular complexity index is 603. The third kappa shape index (κ3) is 3.32. The number of benzene rings is 1. The summed E-state index contributed by atoms with van der Waals surface area (Å²) < 4.78 is 0. The third-order valence-corrected chi connectivity index (χ3v) is 3.46. The van der Waals surface area contributed by atoms with Crippen LogP contribution in [0.3, 0.4) is 0 Å².